The highest BCUT2D eigenvalue weighted by atomic mass is 16.6. The van der Waals surface area contributed by atoms with Crippen molar-refractivity contribution in [3.05, 3.63) is 0 Å². The van der Waals surface area contributed by atoms with Crippen LogP contribution in [0.3, 0.4) is 0 Å². The van der Waals surface area contributed by atoms with Gasteiger partial charge in [-0.2, -0.15) is 0 Å². The molecular formula is C16H27NO3. The van der Waals surface area contributed by atoms with E-state index >= 15 is 0 Å². The number of rotatable bonds is 5. The Hall–Kier alpha value is -1.05. The minimum Gasteiger partial charge on any atom is -0.441 e. The highest BCUT2D eigenvalue weighted by Crippen LogP contribution is 2.40. The zero-order chi connectivity index (χ0) is 15.5. The quantitative estimate of drug-likeness (QED) is 0.618. The number of esters is 1. The number of ether oxygens (including phenoxy) is 2. The number of nitrogens with one attached hydrogen (secondary N) is 1. The van der Waals surface area contributed by atoms with E-state index in [1.807, 2.05) is 20.9 Å². The van der Waals surface area contributed by atoms with Gasteiger partial charge in [0.15, 0.2) is 0 Å². The lowest BCUT2D eigenvalue weighted by molar-refractivity contribution is -0.159. The normalized spacial score (nSPS) is 33.5. The lowest BCUT2D eigenvalue weighted by atomic mass is 9.82. The number of hydrogen-bond donors (Lipinski definition) is 1. The predicted octanol–water partition coefficient (Wildman–Crippen LogP) is 1.98. The van der Waals surface area contributed by atoms with Gasteiger partial charge in [-0.3, -0.25) is 4.79 Å². The van der Waals surface area contributed by atoms with E-state index in [0.29, 0.717) is 5.92 Å². The van der Waals surface area contributed by atoms with Crippen molar-refractivity contribution in [3.63, 3.8) is 0 Å². The van der Waals surface area contributed by atoms with Gasteiger partial charge < -0.3 is 14.8 Å². The summed E-state index contributed by atoms with van der Waals surface area (Å²) in [5, 5.41) is 3.21. The maximum Gasteiger partial charge on any atom is 0.304 e. The van der Waals surface area contributed by atoms with Gasteiger partial charge >= 0.3 is 5.97 Å². The summed E-state index contributed by atoms with van der Waals surface area (Å²) in [6.07, 6.45) is 6.28. The molecule has 0 amide bonds. The van der Waals surface area contributed by atoms with Crippen molar-refractivity contribution in [2.75, 3.05) is 7.05 Å². The third-order valence-electron chi connectivity index (χ3n) is 3.74. The fourth-order valence-corrected chi connectivity index (χ4v) is 3.09. The van der Waals surface area contributed by atoms with E-state index in [0.717, 1.165) is 6.42 Å². The molecule has 1 fully saturated rings. The molecule has 0 aromatic rings. The number of carbonyl (C=O) groups excluding carboxylic acids is 1. The van der Waals surface area contributed by atoms with Gasteiger partial charge in [-0.15, -0.1) is 6.42 Å². The van der Waals surface area contributed by atoms with E-state index in [1.165, 1.54) is 6.92 Å². The molecule has 0 bridgehead atoms. The summed E-state index contributed by atoms with van der Waals surface area (Å²) >= 11 is 0. The van der Waals surface area contributed by atoms with Crippen LogP contribution in [0.5, 0.6) is 0 Å². The molecule has 114 valence electrons. The van der Waals surface area contributed by atoms with Gasteiger partial charge in [-0.05, 0) is 25.3 Å². The second kappa shape index (κ2) is 6.60. The van der Waals surface area contributed by atoms with Crippen molar-refractivity contribution < 1.29 is 14.3 Å². The minimum atomic E-state index is -1.03. The zero-order valence-electron chi connectivity index (χ0n) is 13.4. The lowest BCUT2D eigenvalue weighted by Gasteiger charge is -2.35. The van der Waals surface area contributed by atoms with E-state index in [4.69, 9.17) is 15.9 Å². The average Bonchev–Trinajstić information content (AvgIpc) is 2.61. The maximum atomic E-state index is 11.5. The Bertz CT molecular complexity index is 386. The lowest BCUT2D eigenvalue weighted by Crippen LogP contribution is -2.57. The van der Waals surface area contributed by atoms with E-state index in [1.54, 1.807) is 0 Å². The fraction of sp³-hybridized carbons (Fsp3) is 0.812. The molecule has 20 heavy (non-hydrogen) atoms. The van der Waals surface area contributed by atoms with Crippen LogP contribution < -0.4 is 5.32 Å². The molecule has 0 aliphatic carbocycles. The maximum absolute atomic E-state index is 11.5. The molecule has 0 aromatic heterocycles. The molecule has 0 spiro atoms. The van der Waals surface area contributed by atoms with Crippen LogP contribution in [0.15, 0.2) is 0 Å². The molecule has 0 unspecified atom stereocenters. The first kappa shape index (κ1) is 17.0. The number of terminal acetylenes is 1. The Kier molecular flexibility index (Phi) is 5.61. The average molecular weight is 281 g/mol. The summed E-state index contributed by atoms with van der Waals surface area (Å²) in [7, 11) is 1.83. The second-order valence-corrected chi connectivity index (χ2v) is 6.27. The predicted molar refractivity (Wildman–Crippen MR) is 79.1 cm³/mol. The van der Waals surface area contributed by atoms with Gasteiger partial charge in [0, 0.05) is 6.92 Å². The Morgan fingerprint density at radius 2 is 2.05 bits per heavy atom. The third kappa shape index (κ3) is 3.16. The van der Waals surface area contributed by atoms with Gasteiger partial charge in [-0.1, -0.05) is 33.6 Å². The van der Waals surface area contributed by atoms with Crippen LogP contribution in [0.4, 0.5) is 0 Å². The Morgan fingerprint density at radius 3 is 2.40 bits per heavy atom. The van der Waals surface area contributed by atoms with Gasteiger partial charge in [0.2, 0.25) is 5.60 Å². The largest absolute Gasteiger partial charge is 0.441 e. The van der Waals surface area contributed by atoms with Gasteiger partial charge in [0.1, 0.15) is 6.10 Å². The van der Waals surface area contributed by atoms with Crippen LogP contribution in [0.2, 0.25) is 0 Å². The van der Waals surface area contributed by atoms with Crippen molar-refractivity contribution in [1.29, 1.82) is 0 Å². The molecule has 1 saturated heterocycles. The molecule has 1 aliphatic rings. The van der Waals surface area contributed by atoms with E-state index in [-0.39, 0.29) is 30.1 Å². The van der Waals surface area contributed by atoms with Crippen LogP contribution in [0.25, 0.3) is 0 Å². The fourth-order valence-electron chi connectivity index (χ4n) is 3.09. The van der Waals surface area contributed by atoms with Gasteiger partial charge in [0.05, 0.1) is 12.1 Å². The number of likely N-dealkylation sites (N-methyl/N-ethyl adjacent to an activating group) is 1. The molecule has 1 N–H and O–H groups in total. The topological polar surface area (TPSA) is 47.6 Å². The smallest absolute Gasteiger partial charge is 0.304 e. The summed E-state index contributed by atoms with van der Waals surface area (Å²) in [5.41, 5.74) is -1.03. The van der Waals surface area contributed by atoms with Crippen LogP contribution in [-0.4, -0.2) is 36.9 Å². The van der Waals surface area contributed by atoms with Crippen LogP contribution >= 0.6 is 0 Å². The van der Waals surface area contributed by atoms with E-state index < -0.39 is 5.60 Å². The monoisotopic (exact) mass is 281 g/mol. The zero-order valence-corrected chi connectivity index (χ0v) is 13.4. The minimum absolute atomic E-state index is 0.0530. The van der Waals surface area contributed by atoms with Crippen molar-refractivity contribution in [3.8, 4) is 12.3 Å². The van der Waals surface area contributed by atoms with Crippen molar-refractivity contribution in [2.24, 2.45) is 11.8 Å². The highest BCUT2D eigenvalue weighted by molar-refractivity contribution is 5.67. The number of carbonyl (C=O) groups is 1. The molecule has 4 heteroatoms. The molecule has 4 atom stereocenters. The molecule has 1 rings (SSSR count). The SMILES string of the molecule is C#C[C@]1(OC(C)=O)[C@H](C(C)C)O[C@H](CC(C)C)[C@@H]1NC. The standard InChI is InChI=1S/C16H27NO3/c1-8-16(20-12(6)18)14(17-7)13(9-10(2)3)19-15(16)11(4)5/h1,10-11,13-15,17H,9H2,2-7H3/t13-,14+,15+,16-/m1/s1. The molecule has 1 heterocycles. The Balaban J connectivity index is 3.18. The van der Waals surface area contributed by atoms with Gasteiger partial charge in [-0.25, -0.2) is 0 Å². The van der Waals surface area contributed by atoms with Crippen LogP contribution in [-0.2, 0) is 14.3 Å². The molecule has 4 nitrogen and oxygen atoms in total. The molecule has 0 saturated carbocycles. The first-order chi connectivity index (χ1) is 9.28. The molecule has 0 aromatic carbocycles. The highest BCUT2D eigenvalue weighted by Gasteiger charge is 2.58. The van der Waals surface area contributed by atoms with Crippen molar-refractivity contribution >= 4 is 5.97 Å². The summed E-state index contributed by atoms with van der Waals surface area (Å²) in [5.74, 6) is 2.99. The van der Waals surface area contributed by atoms with Gasteiger partial charge in [0.25, 0.3) is 0 Å². The second-order valence-electron chi connectivity index (χ2n) is 6.27. The first-order valence-corrected chi connectivity index (χ1v) is 7.28. The third-order valence-corrected chi connectivity index (χ3v) is 3.74. The van der Waals surface area contributed by atoms with Crippen LogP contribution in [0.1, 0.15) is 41.0 Å². The Labute approximate surface area is 122 Å². The Morgan fingerprint density at radius 1 is 1.45 bits per heavy atom. The summed E-state index contributed by atoms with van der Waals surface area (Å²) in [4.78, 5) is 11.5. The van der Waals surface area contributed by atoms with E-state index in [9.17, 15) is 4.79 Å². The first-order valence-electron chi connectivity index (χ1n) is 7.28. The van der Waals surface area contributed by atoms with Crippen molar-refractivity contribution in [2.45, 2.75) is 64.9 Å². The summed E-state index contributed by atoms with van der Waals surface area (Å²) in [6.45, 7) is 9.73. The molecule has 0 radical (unpaired) electrons. The summed E-state index contributed by atoms with van der Waals surface area (Å²) in [6, 6.07) is -0.189. The van der Waals surface area contributed by atoms with Crippen molar-refractivity contribution in [1.82, 2.24) is 5.32 Å². The molecular weight excluding hydrogens is 254 g/mol. The van der Waals surface area contributed by atoms with Crippen LogP contribution in [0, 0.1) is 24.2 Å². The number of hydrogen-bond acceptors (Lipinski definition) is 4. The van der Waals surface area contributed by atoms with E-state index in [2.05, 4.69) is 25.1 Å². The summed E-state index contributed by atoms with van der Waals surface area (Å²) < 4.78 is 11.7. The molecule has 1 aliphatic heterocycles.